The zero-order chi connectivity index (χ0) is 13.7. The van der Waals surface area contributed by atoms with Crippen molar-refractivity contribution in [1.82, 2.24) is 9.69 Å². The Morgan fingerprint density at radius 3 is 3.21 bits per heavy atom. The van der Waals surface area contributed by atoms with E-state index in [1.54, 1.807) is 6.07 Å². The van der Waals surface area contributed by atoms with Gasteiger partial charge in [-0.15, -0.1) is 0 Å². The van der Waals surface area contributed by atoms with Crippen molar-refractivity contribution in [3.63, 3.8) is 0 Å². The number of rotatable bonds is 5. The molecule has 106 valence electrons. The molecule has 1 aromatic rings. The van der Waals surface area contributed by atoms with Crippen molar-refractivity contribution in [3.05, 3.63) is 10.9 Å². The standard InChI is InChI=1S/C12H18N2O4S/c1-17-10-7-9(19-14-10)11(15)13-5-4-12(16)3-2-6-18-8-12/h7,16H,2-6,8H2,1H3,(H,13,15). The smallest absolute Gasteiger partial charge is 0.263 e. The predicted molar refractivity (Wildman–Crippen MR) is 70.6 cm³/mol. The van der Waals surface area contributed by atoms with Gasteiger partial charge in [0.25, 0.3) is 5.91 Å². The molecule has 1 aliphatic rings. The van der Waals surface area contributed by atoms with Gasteiger partial charge < -0.3 is 19.9 Å². The maximum Gasteiger partial charge on any atom is 0.263 e. The first-order valence-corrected chi connectivity index (χ1v) is 6.99. The van der Waals surface area contributed by atoms with Gasteiger partial charge in [-0.1, -0.05) is 0 Å². The number of aromatic nitrogens is 1. The molecule has 7 heteroatoms. The van der Waals surface area contributed by atoms with E-state index in [0.717, 1.165) is 24.4 Å². The topological polar surface area (TPSA) is 80.7 Å². The number of amides is 1. The van der Waals surface area contributed by atoms with Crippen LogP contribution in [0.25, 0.3) is 0 Å². The van der Waals surface area contributed by atoms with Gasteiger partial charge in [0, 0.05) is 19.2 Å². The molecule has 2 heterocycles. The fourth-order valence-electron chi connectivity index (χ4n) is 1.99. The third-order valence-corrected chi connectivity index (χ3v) is 3.87. The van der Waals surface area contributed by atoms with Crippen LogP contribution in [0.2, 0.25) is 0 Å². The molecule has 0 bridgehead atoms. The quantitative estimate of drug-likeness (QED) is 0.837. The Labute approximate surface area is 115 Å². The zero-order valence-corrected chi connectivity index (χ0v) is 11.7. The van der Waals surface area contributed by atoms with Gasteiger partial charge >= 0.3 is 0 Å². The summed E-state index contributed by atoms with van der Waals surface area (Å²) < 4.78 is 14.1. The molecule has 6 nitrogen and oxygen atoms in total. The van der Waals surface area contributed by atoms with E-state index in [4.69, 9.17) is 9.47 Å². The summed E-state index contributed by atoms with van der Waals surface area (Å²) in [6.07, 6.45) is 2.07. The minimum atomic E-state index is -0.809. The summed E-state index contributed by atoms with van der Waals surface area (Å²) in [7, 11) is 1.51. The summed E-state index contributed by atoms with van der Waals surface area (Å²) >= 11 is 1.09. The van der Waals surface area contributed by atoms with Crippen LogP contribution in [-0.4, -0.2) is 47.9 Å². The van der Waals surface area contributed by atoms with Crippen LogP contribution in [0.4, 0.5) is 0 Å². The molecule has 0 saturated carbocycles. The predicted octanol–water partition coefficient (Wildman–Crippen LogP) is 0.813. The molecule has 1 fully saturated rings. The molecule has 2 rings (SSSR count). The summed E-state index contributed by atoms with van der Waals surface area (Å²) in [5, 5.41) is 13.0. The van der Waals surface area contributed by atoms with Crippen LogP contribution in [0.3, 0.4) is 0 Å². The molecule has 0 aliphatic carbocycles. The van der Waals surface area contributed by atoms with Crippen LogP contribution in [0, 0.1) is 0 Å². The van der Waals surface area contributed by atoms with E-state index in [-0.39, 0.29) is 5.91 Å². The first-order chi connectivity index (χ1) is 9.13. The molecule has 1 atom stereocenters. The van der Waals surface area contributed by atoms with Gasteiger partial charge in [0.1, 0.15) is 4.88 Å². The van der Waals surface area contributed by atoms with Crippen molar-refractivity contribution in [3.8, 4) is 5.88 Å². The molecule has 0 spiro atoms. The molecular formula is C12H18N2O4S. The normalized spacial score (nSPS) is 23.1. The summed E-state index contributed by atoms with van der Waals surface area (Å²) in [6.45, 7) is 1.46. The number of methoxy groups -OCH3 is 1. The first-order valence-electron chi connectivity index (χ1n) is 6.22. The maximum absolute atomic E-state index is 11.8. The van der Waals surface area contributed by atoms with Crippen LogP contribution in [0.15, 0.2) is 6.07 Å². The van der Waals surface area contributed by atoms with E-state index >= 15 is 0 Å². The third-order valence-electron chi connectivity index (χ3n) is 3.10. The van der Waals surface area contributed by atoms with Crippen LogP contribution in [0.5, 0.6) is 5.88 Å². The van der Waals surface area contributed by atoms with Crippen molar-refractivity contribution in [1.29, 1.82) is 0 Å². The monoisotopic (exact) mass is 286 g/mol. The van der Waals surface area contributed by atoms with Crippen molar-refractivity contribution in [2.75, 3.05) is 26.9 Å². The van der Waals surface area contributed by atoms with Crippen molar-refractivity contribution in [2.45, 2.75) is 24.9 Å². The van der Waals surface area contributed by atoms with Gasteiger partial charge in [0.2, 0.25) is 5.88 Å². The number of hydrogen-bond acceptors (Lipinski definition) is 6. The Bertz CT molecular complexity index is 429. The molecule has 2 N–H and O–H groups in total. The van der Waals surface area contributed by atoms with Gasteiger partial charge in [-0.3, -0.25) is 4.79 Å². The van der Waals surface area contributed by atoms with Crippen LogP contribution in [-0.2, 0) is 4.74 Å². The fraction of sp³-hybridized carbons (Fsp3) is 0.667. The van der Waals surface area contributed by atoms with Crippen molar-refractivity contribution >= 4 is 17.4 Å². The largest absolute Gasteiger partial charge is 0.480 e. The molecule has 0 radical (unpaired) electrons. The number of nitrogens with one attached hydrogen (secondary N) is 1. The van der Waals surface area contributed by atoms with E-state index in [1.807, 2.05) is 0 Å². The first kappa shape index (κ1) is 14.2. The van der Waals surface area contributed by atoms with Crippen molar-refractivity contribution in [2.24, 2.45) is 0 Å². The zero-order valence-electron chi connectivity index (χ0n) is 10.8. The SMILES string of the molecule is COc1cc(C(=O)NCCC2(O)CCCOC2)sn1. The average molecular weight is 286 g/mol. The van der Waals surface area contributed by atoms with Crippen LogP contribution in [0.1, 0.15) is 28.9 Å². The molecule has 1 saturated heterocycles. The van der Waals surface area contributed by atoms with E-state index in [2.05, 4.69) is 9.69 Å². The van der Waals surface area contributed by atoms with Gasteiger partial charge in [0.05, 0.1) is 19.3 Å². The third kappa shape index (κ3) is 3.89. The lowest BCUT2D eigenvalue weighted by atomic mass is 9.93. The number of hydrogen-bond donors (Lipinski definition) is 2. The van der Waals surface area contributed by atoms with E-state index < -0.39 is 5.60 Å². The molecular weight excluding hydrogens is 268 g/mol. The molecule has 0 aromatic carbocycles. The summed E-state index contributed by atoms with van der Waals surface area (Å²) in [5.41, 5.74) is -0.809. The number of nitrogens with zero attached hydrogens (tertiary/aromatic N) is 1. The molecule has 19 heavy (non-hydrogen) atoms. The highest BCUT2D eigenvalue weighted by atomic mass is 32.1. The summed E-state index contributed by atoms with van der Waals surface area (Å²) in [5.74, 6) is 0.246. The Balaban J connectivity index is 1.77. The maximum atomic E-state index is 11.8. The number of carbonyl (C=O) groups excluding carboxylic acids is 1. The molecule has 1 aliphatic heterocycles. The van der Waals surface area contributed by atoms with E-state index in [1.165, 1.54) is 7.11 Å². The van der Waals surface area contributed by atoms with Crippen LogP contribution >= 0.6 is 11.5 Å². The fourth-order valence-corrected chi connectivity index (χ4v) is 2.62. The minimum absolute atomic E-state index is 0.193. The second-order valence-electron chi connectivity index (χ2n) is 4.62. The van der Waals surface area contributed by atoms with Gasteiger partial charge in [-0.2, -0.15) is 4.37 Å². The molecule has 1 aromatic heterocycles. The number of aliphatic hydroxyl groups is 1. The highest BCUT2D eigenvalue weighted by Gasteiger charge is 2.29. The lowest BCUT2D eigenvalue weighted by Crippen LogP contribution is -2.41. The Morgan fingerprint density at radius 1 is 1.74 bits per heavy atom. The van der Waals surface area contributed by atoms with Gasteiger partial charge in [-0.05, 0) is 30.8 Å². The van der Waals surface area contributed by atoms with E-state index in [0.29, 0.717) is 36.9 Å². The number of ether oxygens (including phenoxy) is 2. The Hall–Kier alpha value is -1.18. The number of carbonyl (C=O) groups is 1. The van der Waals surface area contributed by atoms with E-state index in [9.17, 15) is 9.90 Å². The summed E-state index contributed by atoms with van der Waals surface area (Å²) in [6, 6.07) is 1.60. The van der Waals surface area contributed by atoms with Gasteiger partial charge in [-0.25, -0.2) is 0 Å². The molecule has 1 amide bonds. The minimum Gasteiger partial charge on any atom is -0.480 e. The molecule has 1 unspecified atom stereocenters. The Morgan fingerprint density at radius 2 is 2.58 bits per heavy atom. The Kier molecular flexibility index (Phi) is 4.73. The second kappa shape index (κ2) is 6.31. The van der Waals surface area contributed by atoms with Crippen LogP contribution < -0.4 is 10.1 Å². The lowest BCUT2D eigenvalue weighted by Gasteiger charge is -2.31. The van der Waals surface area contributed by atoms with Gasteiger partial charge in [0.15, 0.2) is 0 Å². The van der Waals surface area contributed by atoms with Crippen molar-refractivity contribution < 1.29 is 19.4 Å². The summed E-state index contributed by atoms with van der Waals surface area (Å²) in [4.78, 5) is 12.3. The second-order valence-corrected chi connectivity index (χ2v) is 5.42. The lowest BCUT2D eigenvalue weighted by molar-refractivity contribution is -0.0887. The average Bonchev–Trinajstić information content (AvgIpc) is 2.88. The highest BCUT2D eigenvalue weighted by molar-refractivity contribution is 7.08. The highest BCUT2D eigenvalue weighted by Crippen LogP contribution is 2.22.